The monoisotopic (exact) mass is 386 g/mol. The van der Waals surface area contributed by atoms with Gasteiger partial charge in [0.2, 0.25) is 11.8 Å². The van der Waals surface area contributed by atoms with E-state index < -0.39 is 54.0 Å². The fraction of sp³-hybridized carbons (Fsp3) is 0.579. The van der Waals surface area contributed by atoms with Crippen LogP contribution in [0.1, 0.15) is 52.0 Å². The molecule has 8 heteroatoms. The van der Waals surface area contributed by atoms with Crippen molar-refractivity contribution in [2.45, 2.75) is 63.8 Å². The second-order valence-corrected chi connectivity index (χ2v) is 8.05. The Labute approximate surface area is 156 Å². The Kier molecular flexibility index (Phi) is 6.07. The van der Waals surface area contributed by atoms with Gasteiger partial charge in [0.05, 0.1) is 0 Å². The molecule has 1 aliphatic carbocycles. The van der Waals surface area contributed by atoms with Crippen LogP contribution in [-0.4, -0.2) is 29.1 Å². The normalized spacial score (nSPS) is 18.6. The Morgan fingerprint density at radius 1 is 1.22 bits per heavy atom. The summed E-state index contributed by atoms with van der Waals surface area (Å²) in [5, 5.41) is 13.6. The molecule has 0 aliphatic heterocycles. The van der Waals surface area contributed by atoms with Crippen LogP contribution in [0.2, 0.25) is 0 Å². The minimum absolute atomic E-state index is 0.0304. The first-order valence-corrected chi connectivity index (χ1v) is 8.87. The second kappa shape index (κ2) is 7.78. The number of alkyl halides is 2. The maximum atomic E-state index is 14.3. The van der Waals surface area contributed by atoms with E-state index in [1.54, 1.807) is 6.07 Å². The summed E-state index contributed by atoms with van der Waals surface area (Å²) >= 11 is 0. The Bertz CT molecular complexity index is 707. The molecule has 1 aromatic carbocycles. The highest BCUT2D eigenvalue weighted by atomic mass is 19.3. The third kappa shape index (κ3) is 5.61. The van der Waals surface area contributed by atoms with Crippen molar-refractivity contribution >= 4 is 17.7 Å². The van der Waals surface area contributed by atoms with Crippen molar-refractivity contribution in [2.24, 2.45) is 5.92 Å². The topological polar surface area (TPSA) is 78.4 Å². The number of amides is 2. The molecule has 0 bridgehead atoms. The summed E-state index contributed by atoms with van der Waals surface area (Å²) in [5.74, 6) is -4.50. The molecule has 1 saturated carbocycles. The van der Waals surface area contributed by atoms with Crippen molar-refractivity contribution in [2.75, 3.05) is 5.32 Å². The summed E-state index contributed by atoms with van der Waals surface area (Å²) < 4.78 is 41.0. The zero-order chi connectivity index (χ0) is 20.4. The number of rotatable bonds is 4. The second-order valence-electron chi connectivity index (χ2n) is 8.05. The molecule has 0 heterocycles. The Morgan fingerprint density at radius 3 is 2.30 bits per heavy atom. The van der Waals surface area contributed by atoms with Crippen LogP contribution >= 0.6 is 0 Å². The summed E-state index contributed by atoms with van der Waals surface area (Å²) in [6, 6.07) is 3.09. The Morgan fingerprint density at radius 2 is 1.81 bits per heavy atom. The molecule has 1 atom stereocenters. The minimum atomic E-state index is -2.79. The van der Waals surface area contributed by atoms with E-state index in [0.29, 0.717) is 5.56 Å². The molecular weight excluding hydrogens is 361 g/mol. The first kappa shape index (κ1) is 21.1. The highest BCUT2D eigenvalue weighted by molar-refractivity contribution is 5.96. The predicted molar refractivity (Wildman–Crippen MR) is 95.6 cm³/mol. The molecule has 0 spiro atoms. The highest BCUT2D eigenvalue weighted by Gasteiger charge is 2.40. The van der Waals surface area contributed by atoms with Crippen molar-refractivity contribution in [3.05, 3.63) is 29.6 Å². The molecule has 5 nitrogen and oxygen atoms in total. The van der Waals surface area contributed by atoms with Crippen molar-refractivity contribution < 1.29 is 27.9 Å². The Balaban J connectivity index is 2.14. The van der Waals surface area contributed by atoms with Gasteiger partial charge in [0.15, 0.2) is 0 Å². The van der Waals surface area contributed by atoms with Gasteiger partial charge in [-0.25, -0.2) is 18.0 Å². The molecule has 1 fully saturated rings. The van der Waals surface area contributed by atoms with E-state index >= 15 is 0 Å². The van der Waals surface area contributed by atoms with Crippen LogP contribution in [0.4, 0.5) is 23.7 Å². The molecule has 0 radical (unpaired) electrons. The van der Waals surface area contributed by atoms with E-state index in [1.165, 1.54) is 12.1 Å². The van der Waals surface area contributed by atoms with Crippen molar-refractivity contribution in [3.63, 3.8) is 0 Å². The third-order valence-corrected chi connectivity index (χ3v) is 4.84. The SMILES string of the molecule is CC(C)(C)c1ccc(NC(=O)[C@@H](NC(=O)O)C2CCC(F)(F)CC2)cc1F. The van der Waals surface area contributed by atoms with Crippen LogP contribution in [-0.2, 0) is 10.2 Å². The molecule has 0 saturated heterocycles. The highest BCUT2D eigenvalue weighted by Crippen LogP contribution is 2.37. The number of benzene rings is 1. The van der Waals surface area contributed by atoms with Crippen LogP contribution in [0.15, 0.2) is 18.2 Å². The molecule has 2 amide bonds. The Hall–Kier alpha value is -2.25. The third-order valence-electron chi connectivity index (χ3n) is 4.84. The minimum Gasteiger partial charge on any atom is -0.465 e. The van der Waals surface area contributed by atoms with E-state index in [2.05, 4.69) is 10.6 Å². The van der Waals surface area contributed by atoms with Crippen LogP contribution < -0.4 is 10.6 Å². The van der Waals surface area contributed by atoms with E-state index in [1.807, 2.05) is 20.8 Å². The predicted octanol–water partition coefficient (Wildman–Crippen LogP) is 4.52. The maximum Gasteiger partial charge on any atom is 0.405 e. The molecule has 27 heavy (non-hydrogen) atoms. The number of carboxylic acid groups (broad SMARTS) is 1. The van der Waals surface area contributed by atoms with Crippen LogP contribution in [0.5, 0.6) is 0 Å². The molecule has 0 unspecified atom stereocenters. The largest absolute Gasteiger partial charge is 0.465 e. The summed E-state index contributed by atoms with van der Waals surface area (Å²) in [6.45, 7) is 5.57. The van der Waals surface area contributed by atoms with Gasteiger partial charge in [0.25, 0.3) is 0 Å². The smallest absolute Gasteiger partial charge is 0.405 e. The summed E-state index contributed by atoms with van der Waals surface area (Å²) in [4.78, 5) is 23.6. The molecular formula is C19H25F3N2O3. The first-order valence-electron chi connectivity index (χ1n) is 8.87. The lowest BCUT2D eigenvalue weighted by molar-refractivity contribution is -0.121. The maximum absolute atomic E-state index is 14.3. The van der Waals surface area contributed by atoms with E-state index in [9.17, 15) is 22.8 Å². The van der Waals surface area contributed by atoms with E-state index in [-0.39, 0.29) is 18.5 Å². The summed E-state index contributed by atoms with van der Waals surface area (Å²) in [7, 11) is 0. The zero-order valence-corrected chi connectivity index (χ0v) is 15.6. The average Bonchev–Trinajstić information content (AvgIpc) is 2.51. The molecule has 0 aromatic heterocycles. The lowest BCUT2D eigenvalue weighted by atomic mass is 9.81. The van der Waals surface area contributed by atoms with Gasteiger partial charge in [-0.2, -0.15) is 0 Å². The van der Waals surface area contributed by atoms with Crippen LogP contribution in [0.3, 0.4) is 0 Å². The van der Waals surface area contributed by atoms with Crippen molar-refractivity contribution in [3.8, 4) is 0 Å². The van der Waals surface area contributed by atoms with Gasteiger partial charge in [-0.3, -0.25) is 4.79 Å². The molecule has 3 N–H and O–H groups in total. The summed E-state index contributed by atoms with van der Waals surface area (Å²) in [6.07, 6.45) is -2.14. The molecule has 1 aromatic rings. The lowest BCUT2D eigenvalue weighted by Crippen LogP contribution is -2.49. The first-order chi connectivity index (χ1) is 12.4. The number of nitrogens with one attached hydrogen (secondary N) is 2. The fourth-order valence-corrected chi connectivity index (χ4v) is 3.35. The average molecular weight is 386 g/mol. The van der Waals surface area contributed by atoms with Gasteiger partial charge < -0.3 is 15.7 Å². The number of carbonyl (C=O) groups is 2. The van der Waals surface area contributed by atoms with E-state index in [0.717, 1.165) is 0 Å². The van der Waals surface area contributed by atoms with Gasteiger partial charge in [0, 0.05) is 18.5 Å². The van der Waals surface area contributed by atoms with Gasteiger partial charge in [-0.1, -0.05) is 26.8 Å². The fourth-order valence-electron chi connectivity index (χ4n) is 3.35. The number of hydrogen-bond donors (Lipinski definition) is 3. The number of anilines is 1. The quantitative estimate of drug-likeness (QED) is 0.712. The number of hydrogen-bond acceptors (Lipinski definition) is 2. The summed E-state index contributed by atoms with van der Waals surface area (Å²) in [5.41, 5.74) is 0.256. The van der Waals surface area contributed by atoms with E-state index in [4.69, 9.17) is 5.11 Å². The number of halogens is 3. The molecule has 1 aliphatic rings. The molecule has 2 rings (SSSR count). The van der Waals surface area contributed by atoms with Crippen molar-refractivity contribution in [1.29, 1.82) is 0 Å². The van der Waals surface area contributed by atoms with Gasteiger partial charge in [0.1, 0.15) is 11.9 Å². The van der Waals surface area contributed by atoms with Gasteiger partial charge >= 0.3 is 6.09 Å². The number of carbonyl (C=O) groups excluding carboxylic acids is 1. The van der Waals surface area contributed by atoms with Crippen LogP contribution in [0.25, 0.3) is 0 Å². The van der Waals surface area contributed by atoms with Gasteiger partial charge in [-0.05, 0) is 41.9 Å². The standard InChI is InChI=1S/C19H25F3N2O3/c1-18(2,3)13-5-4-12(10-14(13)20)23-16(25)15(24-17(26)27)11-6-8-19(21,22)9-7-11/h4-5,10-11,15,24H,6-9H2,1-3H3,(H,23,25)(H,26,27)/t15-/m0/s1. The molecule has 150 valence electrons. The lowest BCUT2D eigenvalue weighted by Gasteiger charge is -2.32. The van der Waals surface area contributed by atoms with Gasteiger partial charge in [-0.15, -0.1) is 0 Å². The zero-order valence-electron chi connectivity index (χ0n) is 15.6. The van der Waals surface area contributed by atoms with Crippen LogP contribution in [0, 0.1) is 11.7 Å². The van der Waals surface area contributed by atoms with Crippen molar-refractivity contribution in [1.82, 2.24) is 5.32 Å².